The summed E-state index contributed by atoms with van der Waals surface area (Å²) in [7, 11) is 1.46. The van der Waals surface area contributed by atoms with Gasteiger partial charge >= 0.3 is 5.97 Å². The number of rotatable bonds is 5. The standard InChI is InChI=1S/C21H19N3O5/c1-3-29-21(27)17-16-18(24(22-17)13-9-5-4-6-10-13)20(26)23(19(16)25)14-11-7-8-12-15(14)28-2/h4-12,16,18H,3H2,1-2H3/t16-,18+/m0/s1. The van der Waals surface area contributed by atoms with Crippen LogP contribution >= 0.6 is 0 Å². The molecule has 0 aliphatic carbocycles. The first-order valence-electron chi connectivity index (χ1n) is 9.19. The minimum absolute atomic E-state index is 0.0727. The van der Waals surface area contributed by atoms with Crippen molar-refractivity contribution in [3.63, 3.8) is 0 Å². The first-order chi connectivity index (χ1) is 14.1. The molecule has 148 valence electrons. The lowest BCUT2D eigenvalue weighted by Crippen LogP contribution is -2.39. The van der Waals surface area contributed by atoms with Gasteiger partial charge in [0.25, 0.3) is 5.91 Å². The highest BCUT2D eigenvalue weighted by Gasteiger charge is 2.59. The van der Waals surface area contributed by atoms with Crippen LogP contribution in [0.1, 0.15) is 6.92 Å². The summed E-state index contributed by atoms with van der Waals surface area (Å²) in [4.78, 5) is 40.2. The van der Waals surface area contributed by atoms with E-state index in [9.17, 15) is 14.4 Å². The number of imide groups is 1. The lowest BCUT2D eigenvalue weighted by molar-refractivity contribution is -0.136. The van der Waals surface area contributed by atoms with Crippen LogP contribution in [0, 0.1) is 5.92 Å². The van der Waals surface area contributed by atoms with Crippen molar-refractivity contribution in [2.75, 3.05) is 23.6 Å². The van der Waals surface area contributed by atoms with Gasteiger partial charge in [0, 0.05) is 0 Å². The Kier molecular flexibility index (Phi) is 4.75. The molecular formula is C21H19N3O5. The predicted molar refractivity (Wildman–Crippen MR) is 106 cm³/mol. The highest BCUT2D eigenvalue weighted by atomic mass is 16.5. The lowest BCUT2D eigenvalue weighted by atomic mass is 9.98. The Balaban J connectivity index is 1.81. The van der Waals surface area contributed by atoms with Gasteiger partial charge in [0.05, 0.1) is 25.1 Å². The number of hydrogen-bond donors (Lipinski definition) is 0. The molecule has 2 amide bonds. The number of fused-ring (bicyclic) bond motifs is 1. The third-order valence-electron chi connectivity index (χ3n) is 4.88. The molecule has 0 saturated carbocycles. The van der Waals surface area contributed by atoms with E-state index in [0.717, 1.165) is 4.90 Å². The van der Waals surface area contributed by atoms with Crippen LogP contribution in [0.4, 0.5) is 11.4 Å². The SMILES string of the molecule is CCOC(=O)C1=NN(c2ccccc2)[C@H]2C(=O)N(c3ccccc3OC)C(=O)[C@@H]12. The van der Waals surface area contributed by atoms with E-state index >= 15 is 0 Å². The zero-order valence-corrected chi connectivity index (χ0v) is 15.9. The minimum Gasteiger partial charge on any atom is -0.495 e. The molecule has 29 heavy (non-hydrogen) atoms. The van der Waals surface area contributed by atoms with Crippen molar-refractivity contribution in [3.05, 3.63) is 54.6 Å². The third kappa shape index (κ3) is 2.93. The van der Waals surface area contributed by atoms with Crippen molar-refractivity contribution in [1.29, 1.82) is 0 Å². The van der Waals surface area contributed by atoms with E-state index in [0.29, 0.717) is 17.1 Å². The fourth-order valence-electron chi connectivity index (χ4n) is 3.63. The topological polar surface area (TPSA) is 88.5 Å². The van der Waals surface area contributed by atoms with Crippen molar-refractivity contribution >= 4 is 34.9 Å². The second kappa shape index (κ2) is 7.38. The Bertz CT molecular complexity index is 1000. The van der Waals surface area contributed by atoms with Gasteiger partial charge in [0.15, 0.2) is 5.71 Å². The highest BCUT2D eigenvalue weighted by molar-refractivity contribution is 6.47. The predicted octanol–water partition coefficient (Wildman–Crippen LogP) is 1.99. The Morgan fingerprint density at radius 3 is 2.41 bits per heavy atom. The second-order valence-electron chi connectivity index (χ2n) is 6.49. The number of anilines is 2. The molecule has 0 N–H and O–H groups in total. The van der Waals surface area contributed by atoms with Gasteiger partial charge in [-0.1, -0.05) is 30.3 Å². The van der Waals surface area contributed by atoms with E-state index in [1.165, 1.54) is 12.1 Å². The number of carbonyl (C=O) groups excluding carboxylic acids is 3. The van der Waals surface area contributed by atoms with E-state index in [1.807, 2.05) is 6.07 Å². The van der Waals surface area contributed by atoms with Crippen LogP contribution in [0.25, 0.3) is 0 Å². The van der Waals surface area contributed by atoms with E-state index in [2.05, 4.69) is 5.10 Å². The molecule has 0 spiro atoms. The zero-order chi connectivity index (χ0) is 20.5. The van der Waals surface area contributed by atoms with Crippen LogP contribution in [-0.4, -0.2) is 43.3 Å². The molecule has 8 nitrogen and oxygen atoms in total. The number of hydrogen-bond acceptors (Lipinski definition) is 7. The molecule has 2 aromatic carbocycles. The van der Waals surface area contributed by atoms with Gasteiger partial charge in [-0.3, -0.25) is 14.6 Å². The first kappa shape index (κ1) is 18.7. The summed E-state index contributed by atoms with van der Waals surface area (Å²) >= 11 is 0. The van der Waals surface area contributed by atoms with Crippen LogP contribution in [0.5, 0.6) is 5.75 Å². The quantitative estimate of drug-likeness (QED) is 0.570. The molecule has 2 aromatic rings. The van der Waals surface area contributed by atoms with E-state index in [1.54, 1.807) is 55.5 Å². The Labute approximate surface area is 167 Å². The average Bonchev–Trinajstić information content (AvgIpc) is 3.26. The van der Waals surface area contributed by atoms with Crippen molar-refractivity contribution in [1.82, 2.24) is 0 Å². The van der Waals surface area contributed by atoms with Crippen LogP contribution in [0.15, 0.2) is 59.7 Å². The number of carbonyl (C=O) groups is 3. The fraction of sp³-hybridized carbons (Fsp3) is 0.238. The third-order valence-corrected chi connectivity index (χ3v) is 4.88. The molecule has 0 bridgehead atoms. The maximum Gasteiger partial charge on any atom is 0.355 e. The maximum absolute atomic E-state index is 13.4. The van der Waals surface area contributed by atoms with Gasteiger partial charge in [-0.2, -0.15) is 5.10 Å². The number of amides is 2. The Morgan fingerprint density at radius 1 is 1.03 bits per heavy atom. The van der Waals surface area contributed by atoms with Crippen LogP contribution in [0.3, 0.4) is 0 Å². The summed E-state index contributed by atoms with van der Waals surface area (Å²) in [5, 5.41) is 5.73. The lowest BCUT2D eigenvalue weighted by Gasteiger charge is -2.22. The molecule has 1 fully saturated rings. The smallest absolute Gasteiger partial charge is 0.355 e. The first-order valence-corrected chi connectivity index (χ1v) is 9.19. The molecule has 0 unspecified atom stereocenters. The minimum atomic E-state index is -1.05. The molecule has 4 rings (SSSR count). The normalized spacial score (nSPS) is 20.6. The van der Waals surface area contributed by atoms with Crippen LogP contribution < -0.4 is 14.6 Å². The van der Waals surface area contributed by atoms with Crippen LogP contribution in [0.2, 0.25) is 0 Å². The summed E-state index contributed by atoms with van der Waals surface area (Å²) in [5.74, 6) is -2.38. The number of methoxy groups -OCH3 is 1. The van der Waals surface area contributed by atoms with Gasteiger partial charge in [-0.25, -0.2) is 9.69 Å². The Morgan fingerprint density at radius 2 is 1.72 bits per heavy atom. The van der Waals surface area contributed by atoms with Crippen molar-refractivity contribution < 1.29 is 23.9 Å². The molecule has 1 saturated heterocycles. The zero-order valence-electron chi connectivity index (χ0n) is 15.9. The van der Waals surface area contributed by atoms with E-state index in [-0.39, 0.29) is 12.3 Å². The van der Waals surface area contributed by atoms with E-state index < -0.39 is 29.7 Å². The summed E-state index contributed by atoms with van der Waals surface area (Å²) < 4.78 is 10.4. The van der Waals surface area contributed by atoms with Gasteiger partial charge in [-0.05, 0) is 31.2 Å². The second-order valence-corrected chi connectivity index (χ2v) is 6.49. The largest absolute Gasteiger partial charge is 0.495 e. The monoisotopic (exact) mass is 393 g/mol. The van der Waals surface area contributed by atoms with Crippen molar-refractivity contribution in [2.24, 2.45) is 11.0 Å². The molecule has 2 heterocycles. The van der Waals surface area contributed by atoms with Crippen molar-refractivity contribution in [2.45, 2.75) is 13.0 Å². The molecule has 0 aromatic heterocycles. The molecular weight excluding hydrogens is 374 g/mol. The molecule has 8 heteroatoms. The summed E-state index contributed by atoms with van der Waals surface area (Å²) in [6, 6.07) is 14.7. The molecule has 2 atom stereocenters. The summed E-state index contributed by atoms with van der Waals surface area (Å²) in [5.41, 5.74) is 0.858. The van der Waals surface area contributed by atoms with Gasteiger partial charge < -0.3 is 9.47 Å². The average molecular weight is 393 g/mol. The number of benzene rings is 2. The number of para-hydroxylation sites is 3. The van der Waals surface area contributed by atoms with Crippen LogP contribution in [-0.2, 0) is 19.1 Å². The van der Waals surface area contributed by atoms with Gasteiger partial charge in [0.1, 0.15) is 17.7 Å². The maximum atomic E-state index is 13.4. The number of ether oxygens (including phenoxy) is 2. The number of esters is 1. The molecule has 2 aliphatic rings. The van der Waals surface area contributed by atoms with E-state index in [4.69, 9.17) is 9.47 Å². The fourth-order valence-corrected chi connectivity index (χ4v) is 3.63. The Hall–Kier alpha value is -3.68. The summed E-state index contributed by atoms with van der Waals surface area (Å²) in [6.45, 7) is 1.81. The van der Waals surface area contributed by atoms with Gasteiger partial charge in [-0.15, -0.1) is 0 Å². The highest BCUT2D eigenvalue weighted by Crippen LogP contribution is 2.40. The summed E-state index contributed by atoms with van der Waals surface area (Å²) in [6.07, 6.45) is 0. The number of hydrazone groups is 1. The van der Waals surface area contributed by atoms with Gasteiger partial charge in [0.2, 0.25) is 5.91 Å². The number of nitrogens with zero attached hydrogens (tertiary/aromatic N) is 3. The van der Waals surface area contributed by atoms with Crippen molar-refractivity contribution in [3.8, 4) is 5.75 Å². The molecule has 2 aliphatic heterocycles. The molecule has 0 radical (unpaired) electrons.